The molecule has 0 radical (unpaired) electrons. The average Bonchev–Trinajstić information content (AvgIpc) is 2.29. The number of phenols is 1. The van der Waals surface area contributed by atoms with Crippen LogP contribution in [0.4, 0.5) is 5.69 Å². The maximum absolute atomic E-state index is 11.8. The molecule has 1 unspecified atom stereocenters. The summed E-state index contributed by atoms with van der Waals surface area (Å²) in [6, 6.07) is 4.03. The monoisotopic (exact) mass is 249 g/mol. The van der Waals surface area contributed by atoms with Gasteiger partial charge in [0.25, 0.3) is 5.91 Å². The van der Waals surface area contributed by atoms with Gasteiger partial charge in [0, 0.05) is 16.6 Å². The molecule has 0 aromatic heterocycles. The molecule has 1 atom stereocenters. The van der Waals surface area contributed by atoms with Crippen molar-refractivity contribution in [2.24, 2.45) is 10.8 Å². The largest absolute Gasteiger partial charge is 0.507 e. The number of nitrogens with zero attached hydrogens (tertiary/aromatic N) is 3. The highest BCUT2D eigenvalue weighted by molar-refractivity contribution is 5.97. The van der Waals surface area contributed by atoms with E-state index < -0.39 is 0 Å². The molecule has 0 fully saturated rings. The Labute approximate surface area is 104 Å². The van der Waals surface area contributed by atoms with Crippen LogP contribution in [0.5, 0.6) is 5.75 Å². The molecule has 1 amide bonds. The Kier molecular flexibility index (Phi) is 4.98. The summed E-state index contributed by atoms with van der Waals surface area (Å²) in [6.45, 7) is 2.30. The van der Waals surface area contributed by atoms with Gasteiger partial charge in [-0.3, -0.25) is 4.79 Å². The number of rotatable bonds is 5. The fourth-order valence-electron chi connectivity index (χ4n) is 1.45. The minimum absolute atomic E-state index is 0.0706. The van der Waals surface area contributed by atoms with Crippen LogP contribution in [0.2, 0.25) is 0 Å². The van der Waals surface area contributed by atoms with Crippen LogP contribution in [-0.2, 0) is 0 Å². The molecule has 1 rings (SSSR count). The molecule has 0 aliphatic heterocycles. The zero-order chi connectivity index (χ0) is 13.5. The molecule has 7 nitrogen and oxygen atoms in total. The Hall–Kier alpha value is -2.24. The molecule has 18 heavy (non-hydrogen) atoms. The van der Waals surface area contributed by atoms with Crippen molar-refractivity contribution >= 4 is 11.6 Å². The second-order valence-corrected chi connectivity index (χ2v) is 3.84. The third-order valence-corrected chi connectivity index (χ3v) is 2.36. The standard InChI is InChI=1S/C11H15N5O2/c1-7(4-5-12)14-11(18)9-3-2-8(15-16-13)6-10(9)17/h2-3,6-7,17H,4-5,12H2,1H3,(H,14,18). The molecule has 0 aliphatic rings. The van der Waals surface area contributed by atoms with Gasteiger partial charge in [-0.2, -0.15) is 0 Å². The van der Waals surface area contributed by atoms with Crippen molar-refractivity contribution in [3.63, 3.8) is 0 Å². The van der Waals surface area contributed by atoms with E-state index in [2.05, 4.69) is 15.3 Å². The first kappa shape index (κ1) is 13.8. The number of nitrogens with one attached hydrogen (secondary N) is 1. The lowest BCUT2D eigenvalue weighted by atomic mass is 10.1. The Balaban J connectivity index is 2.83. The number of azide groups is 1. The molecule has 0 aliphatic carbocycles. The van der Waals surface area contributed by atoms with E-state index in [9.17, 15) is 9.90 Å². The molecule has 0 spiro atoms. The summed E-state index contributed by atoms with van der Waals surface area (Å²) >= 11 is 0. The molecule has 1 aromatic carbocycles. The Morgan fingerprint density at radius 3 is 2.94 bits per heavy atom. The molecule has 7 heteroatoms. The molecule has 96 valence electrons. The van der Waals surface area contributed by atoms with Crippen LogP contribution < -0.4 is 11.1 Å². The Morgan fingerprint density at radius 1 is 1.67 bits per heavy atom. The van der Waals surface area contributed by atoms with Gasteiger partial charge in [-0.05, 0) is 37.6 Å². The summed E-state index contributed by atoms with van der Waals surface area (Å²) in [5.41, 5.74) is 14.0. The summed E-state index contributed by atoms with van der Waals surface area (Å²) < 4.78 is 0. The second-order valence-electron chi connectivity index (χ2n) is 3.84. The van der Waals surface area contributed by atoms with Gasteiger partial charge in [0.1, 0.15) is 5.75 Å². The third kappa shape index (κ3) is 3.65. The summed E-state index contributed by atoms with van der Waals surface area (Å²) in [4.78, 5) is 14.4. The summed E-state index contributed by atoms with van der Waals surface area (Å²) in [6.07, 6.45) is 0.656. The Bertz CT molecular complexity index is 482. The van der Waals surface area contributed by atoms with Crippen LogP contribution in [0.15, 0.2) is 23.3 Å². The minimum Gasteiger partial charge on any atom is -0.507 e. The molecular formula is C11H15N5O2. The number of amides is 1. The van der Waals surface area contributed by atoms with E-state index in [0.717, 1.165) is 0 Å². The van der Waals surface area contributed by atoms with Gasteiger partial charge >= 0.3 is 0 Å². The normalized spacial score (nSPS) is 11.4. The molecule has 4 N–H and O–H groups in total. The number of phenolic OH excluding ortho intramolecular Hbond substituents is 1. The number of carbonyl (C=O) groups is 1. The van der Waals surface area contributed by atoms with E-state index >= 15 is 0 Å². The van der Waals surface area contributed by atoms with E-state index in [4.69, 9.17) is 11.3 Å². The van der Waals surface area contributed by atoms with Crippen LogP contribution in [0.25, 0.3) is 10.4 Å². The maximum Gasteiger partial charge on any atom is 0.255 e. The predicted octanol–water partition coefficient (Wildman–Crippen LogP) is 1.80. The lowest BCUT2D eigenvalue weighted by molar-refractivity contribution is 0.0936. The molecule has 1 aromatic rings. The van der Waals surface area contributed by atoms with Crippen LogP contribution >= 0.6 is 0 Å². The summed E-state index contributed by atoms with van der Waals surface area (Å²) in [7, 11) is 0. The number of hydrogen-bond donors (Lipinski definition) is 3. The highest BCUT2D eigenvalue weighted by Gasteiger charge is 2.13. The Morgan fingerprint density at radius 2 is 2.39 bits per heavy atom. The van der Waals surface area contributed by atoms with Crippen LogP contribution in [0.1, 0.15) is 23.7 Å². The highest BCUT2D eigenvalue weighted by Crippen LogP contribution is 2.24. The highest BCUT2D eigenvalue weighted by atomic mass is 16.3. The smallest absolute Gasteiger partial charge is 0.255 e. The molecule has 0 bridgehead atoms. The first-order chi connectivity index (χ1) is 8.58. The quantitative estimate of drug-likeness (QED) is 0.418. The maximum atomic E-state index is 11.8. The minimum atomic E-state index is -0.388. The number of benzene rings is 1. The number of hydrogen-bond acceptors (Lipinski definition) is 4. The van der Waals surface area contributed by atoms with Crippen molar-refractivity contribution in [3.05, 3.63) is 34.2 Å². The van der Waals surface area contributed by atoms with Crippen LogP contribution in [0.3, 0.4) is 0 Å². The number of carbonyl (C=O) groups excluding carboxylic acids is 1. The zero-order valence-electron chi connectivity index (χ0n) is 10.00. The van der Waals surface area contributed by atoms with Crippen molar-refractivity contribution in [3.8, 4) is 5.75 Å². The summed E-state index contributed by atoms with van der Waals surface area (Å²) in [5.74, 6) is -0.613. The van der Waals surface area contributed by atoms with Gasteiger partial charge in [0.15, 0.2) is 0 Å². The van der Waals surface area contributed by atoms with Gasteiger partial charge in [0.05, 0.1) is 5.56 Å². The first-order valence-electron chi connectivity index (χ1n) is 5.47. The SMILES string of the molecule is CC(CCN)NC(=O)c1ccc(N=[N+]=[N-])cc1O. The third-order valence-electron chi connectivity index (χ3n) is 2.36. The van der Waals surface area contributed by atoms with Gasteiger partial charge in [0.2, 0.25) is 0 Å². The molecular weight excluding hydrogens is 234 g/mol. The summed E-state index contributed by atoms with van der Waals surface area (Å²) in [5, 5.41) is 15.7. The number of nitrogens with two attached hydrogens (primary N) is 1. The molecule has 0 saturated carbocycles. The molecule has 0 saturated heterocycles. The van der Waals surface area contributed by atoms with E-state index in [0.29, 0.717) is 13.0 Å². The van der Waals surface area contributed by atoms with Gasteiger partial charge in [-0.15, -0.1) is 0 Å². The lowest BCUT2D eigenvalue weighted by Gasteiger charge is -2.13. The van der Waals surface area contributed by atoms with Gasteiger partial charge in [-0.1, -0.05) is 11.2 Å². The van der Waals surface area contributed by atoms with Crippen molar-refractivity contribution in [1.82, 2.24) is 5.32 Å². The van der Waals surface area contributed by atoms with E-state index in [-0.39, 0.29) is 28.9 Å². The van der Waals surface area contributed by atoms with Gasteiger partial charge < -0.3 is 16.2 Å². The van der Waals surface area contributed by atoms with Crippen molar-refractivity contribution in [1.29, 1.82) is 0 Å². The fraction of sp³-hybridized carbons (Fsp3) is 0.364. The van der Waals surface area contributed by atoms with Gasteiger partial charge in [-0.25, -0.2) is 0 Å². The first-order valence-corrected chi connectivity index (χ1v) is 5.47. The van der Waals surface area contributed by atoms with Crippen LogP contribution in [0, 0.1) is 0 Å². The van der Waals surface area contributed by atoms with Crippen molar-refractivity contribution in [2.75, 3.05) is 6.54 Å². The lowest BCUT2D eigenvalue weighted by Crippen LogP contribution is -2.34. The molecule has 0 heterocycles. The second kappa shape index (κ2) is 6.48. The topological polar surface area (TPSA) is 124 Å². The fourth-order valence-corrected chi connectivity index (χ4v) is 1.45. The van der Waals surface area contributed by atoms with E-state index in [1.165, 1.54) is 18.2 Å². The zero-order valence-corrected chi connectivity index (χ0v) is 10.00. The van der Waals surface area contributed by atoms with Crippen molar-refractivity contribution in [2.45, 2.75) is 19.4 Å². The number of aromatic hydroxyl groups is 1. The van der Waals surface area contributed by atoms with E-state index in [1.54, 1.807) is 0 Å². The average molecular weight is 249 g/mol. The van der Waals surface area contributed by atoms with E-state index in [1.807, 2.05) is 6.92 Å². The van der Waals surface area contributed by atoms with Crippen molar-refractivity contribution < 1.29 is 9.90 Å². The van der Waals surface area contributed by atoms with Crippen LogP contribution in [-0.4, -0.2) is 23.6 Å². The predicted molar refractivity (Wildman–Crippen MR) is 67.5 cm³/mol.